The monoisotopic (exact) mass is 984 g/mol. The van der Waals surface area contributed by atoms with Crippen molar-refractivity contribution in [1.29, 1.82) is 0 Å². The predicted octanol–water partition coefficient (Wildman–Crippen LogP) is 16.4. The van der Waals surface area contributed by atoms with E-state index in [1.54, 1.807) is 0 Å². The highest BCUT2D eigenvalue weighted by Crippen LogP contribution is 2.43. The average molecular weight is 984 g/mol. The maximum absolute atomic E-state index is 13.4. The minimum absolute atomic E-state index is 0.0231. The Bertz CT molecular complexity index is 1510. The second kappa shape index (κ2) is 48.6. The summed E-state index contributed by atoms with van der Waals surface area (Å²) in [6.07, 6.45) is 64.2. The fourth-order valence-corrected chi connectivity index (χ4v) is 7.97. The van der Waals surface area contributed by atoms with Crippen molar-refractivity contribution < 1.29 is 37.3 Å². The number of rotatable bonds is 48. The number of ether oxygens (including phenoxy) is 1. The fourth-order valence-electron chi connectivity index (χ4n) is 7.24. The number of amides is 1. The fraction of sp³-hybridized carbons (Fsp3) is 0.695. The van der Waals surface area contributed by atoms with Crippen molar-refractivity contribution in [3.8, 4) is 0 Å². The number of likely N-dealkylation sites (N-methyl/N-ethyl adjacent to an activating group) is 1. The molecule has 396 valence electrons. The first-order valence-electron chi connectivity index (χ1n) is 27.6. The molecule has 69 heavy (non-hydrogen) atoms. The van der Waals surface area contributed by atoms with E-state index in [-0.39, 0.29) is 25.5 Å². The molecule has 0 rings (SSSR count). The summed E-state index contributed by atoms with van der Waals surface area (Å²) in [5, 5.41) is 3.01. The van der Waals surface area contributed by atoms with Crippen LogP contribution in [0.2, 0.25) is 0 Å². The second-order valence-corrected chi connectivity index (χ2v) is 20.8. The van der Waals surface area contributed by atoms with Crippen molar-refractivity contribution in [3.05, 3.63) is 97.2 Å². The van der Waals surface area contributed by atoms with Crippen LogP contribution in [0, 0.1) is 0 Å². The molecule has 10 heteroatoms. The van der Waals surface area contributed by atoms with Gasteiger partial charge in [-0.15, -0.1) is 0 Å². The van der Waals surface area contributed by atoms with Gasteiger partial charge >= 0.3 is 13.8 Å². The summed E-state index contributed by atoms with van der Waals surface area (Å²) in [5.41, 5.74) is 0. The van der Waals surface area contributed by atoms with E-state index in [4.69, 9.17) is 13.8 Å². The zero-order chi connectivity index (χ0) is 50.8. The Kier molecular flexibility index (Phi) is 46.4. The summed E-state index contributed by atoms with van der Waals surface area (Å²) >= 11 is 0. The van der Waals surface area contributed by atoms with E-state index >= 15 is 0 Å². The van der Waals surface area contributed by atoms with E-state index in [1.807, 2.05) is 45.4 Å². The van der Waals surface area contributed by atoms with Crippen LogP contribution in [0.15, 0.2) is 97.2 Å². The smallest absolute Gasteiger partial charge is 0.456 e. The highest BCUT2D eigenvalue weighted by atomic mass is 31.2. The van der Waals surface area contributed by atoms with Gasteiger partial charge < -0.3 is 19.4 Å². The molecular formula is C59H104N2O7P+. The summed E-state index contributed by atoms with van der Waals surface area (Å²) in [5.74, 6) is -0.622. The zero-order valence-corrected chi connectivity index (χ0v) is 45.9. The number of carbonyl (C=O) groups is 2. The average Bonchev–Trinajstić information content (AvgIpc) is 3.31. The molecule has 0 heterocycles. The van der Waals surface area contributed by atoms with Gasteiger partial charge in [-0.3, -0.25) is 18.6 Å². The van der Waals surface area contributed by atoms with Gasteiger partial charge in [0.15, 0.2) is 0 Å². The van der Waals surface area contributed by atoms with Crippen LogP contribution in [0.25, 0.3) is 0 Å². The van der Waals surface area contributed by atoms with Gasteiger partial charge in [0, 0.05) is 12.8 Å². The molecule has 0 bridgehead atoms. The minimum atomic E-state index is -4.46. The maximum Gasteiger partial charge on any atom is 0.472 e. The third kappa shape index (κ3) is 49.7. The first-order valence-corrected chi connectivity index (χ1v) is 29.1. The molecule has 0 saturated carbocycles. The van der Waals surface area contributed by atoms with Crippen LogP contribution in [0.5, 0.6) is 0 Å². The molecule has 0 aliphatic heterocycles. The van der Waals surface area contributed by atoms with E-state index in [0.29, 0.717) is 23.9 Å². The van der Waals surface area contributed by atoms with E-state index in [0.717, 1.165) is 103 Å². The number of hydrogen-bond acceptors (Lipinski definition) is 6. The molecule has 0 aromatic rings. The van der Waals surface area contributed by atoms with Gasteiger partial charge in [0.05, 0.1) is 33.8 Å². The Balaban J connectivity index is 5.52. The molecule has 9 nitrogen and oxygen atoms in total. The third-order valence-corrected chi connectivity index (χ3v) is 12.5. The van der Waals surface area contributed by atoms with E-state index in [2.05, 4.69) is 99.0 Å². The van der Waals surface area contributed by atoms with Crippen LogP contribution < -0.4 is 5.32 Å². The zero-order valence-electron chi connectivity index (χ0n) is 45.0. The molecule has 0 saturated heterocycles. The molecule has 3 atom stereocenters. The Labute approximate surface area is 424 Å². The number of unbranched alkanes of at least 4 members (excludes halogenated alkanes) is 18. The summed E-state index contributed by atoms with van der Waals surface area (Å²) in [7, 11) is 1.44. The highest BCUT2D eigenvalue weighted by Gasteiger charge is 2.30. The van der Waals surface area contributed by atoms with Crippen LogP contribution in [-0.2, 0) is 27.9 Å². The number of phosphoric acid groups is 1. The normalized spacial score (nSPS) is 14.6. The third-order valence-electron chi connectivity index (χ3n) is 11.5. The number of allylic oxidation sites excluding steroid dienone is 15. The lowest BCUT2D eigenvalue weighted by atomic mass is 10.0. The summed E-state index contributed by atoms with van der Waals surface area (Å²) in [6, 6.07) is -0.886. The van der Waals surface area contributed by atoms with Crippen LogP contribution >= 0.6 is 7.82 Å². The lowest BCUT2D eigenvalue weighted by Crippen LogP contribution is -2.47. The van der Waals surface area contributed by atoms with E-state index in [1.165, 1.54) is 70.6 Å². The Morgan fingerprint density at radius 2 is 0.957 bits per heavy atom. The molecule has 0 radical (unpaired) electrons. The molecule has 0 fully saturated rings. The minimum Gasteiger partial charge on any atom is -0.456 e. The van der Waals surface area contributed by atoms with Gasteiger partial charge in [-0.25, -0.2) is 4.57 Å². The van der Waals surface area contributed by atoms with Gasteiger partial charge in [0.1, 0.15) is 19.3 Å². The van der Waals surface area contributed by atoms with Crippen molar-refractivity contribution in [2.45, 2.75) is 226 Å². The lowest BCUT2D eigenvalue weighted by molar-refractivity contribution is -0.870. The maximum atomic E-state index is 13.4. The van der Waals surface area contributed by atoms with Crippen LogP contribution in [0.1, 0.15) is 213 Å². The van der Waals surface area contributed by atoms with Crippen molar-refractivity contribution in [2.24, 2.45) is 0 Å². The Morgan fingerprint density at radius 3 is 1.46 bits per heavy atom. The molecule has 0 aromatic heterocycles. The highest BCUT2D eigenvalue weighted by molar-refractivity contribution is 7.47. The number of phosphoric ester groups is 1. The molecule has 0 aliphatic carbocycles. The number of hydrogen-bond donors (Lipinski definition) is 2. The van der Waals surface area contributed by atoms with Gasteiger partial charge in [0.25, 0.3) is 0 Å². The standard InChI is InChI=1S/C59H103N2O7P/c1-7-10-13-16-19-22-25-27-28-29-30-31-32-34-37-40-43-46-49-52-59(63)68-57(50-47-44-41-38-36-33-26-23-20-17-14-11-8-2)56(55-67-69(64,65)66-54-53-61(4,5)6)60-58(62)51-48-45-42-39-35-24-21-18-15-12-9-3/h10,13,18-19,21-22,27-28,30-31,34,37,43,46-47,50,56-57H,7-9,11-12,14-17,20,23-26,29,32-33,35-36,38-42,44-45,48-49,51-55H2,1-6H3,(H-,60,62,64,65)/p+1/b13-10-,21-18-,22-19-,28-27-,31-30-,37-34-,46-43-,50-47-. The predicted molar refractivity (Wildman–Crippen MR) is 295 cm³/mol. The quantitative estimate of drug-likeness (QED) is 0.0205. The van der Waals surface area contributed by atoms with Crippen molar-refractivity contribution in [1.82, 2.24) is 5.32 Å². The number of nitrogens with one attached hydrogen (secondary N) is 1. The SMILES string of the molecule is CC/C=C\C/C=C\C/C=C\C/C=C\C/C=C\C/C=C\CCC(=O)OC(/C=C\CCCCCCCCCCCCC)C(COP(=O)(O)OCC[N+](C)(C)C)NC(=O)CCCCCCC/C=C\CCCC. The van der Waals surface area contributed by atoms with Crippen LogP contribution in [0.4, 0.5) is 0 Å². The van der Waals surface area contributed by atoms with Gasteiger partial charge in [-0.2, -0.15) is 0 Å². The molecule has 3 unspecified atom stereocenters. The molecule has 0 aromatic carbocycles. The Morgan fingerprint density at radius 1 is 0.522 bits per heavy atom. The van der Waals surface area contributed by atoms with Crippen LogP contribution in [0.3, 0.4) is 0 Å². The molecular weight excluding hydrogens is 880 g/mol. The van der Waals surface area contributed by atoms with E-state index < -0.39 is 25.9 Å². The van der Waals surface area contributed by atoms with Crippen molar-refractivity contribution in [3.63, 3.8) is 0 Å². The molecule has 1 amide bonds. The van der Waals surface area contributed by atoms with Gasteiger partial charge in [-0.1, -0.05) is 208 Å². The van der Waals surface area contributed by atoms with Crippen LogP contribution in [-0.4, -0.2) is 74.3 Å². The number of carbonyl (C=O) groups excluding carboxylic acids is 2. The number of quaternary nitrogens is 1. The summed E-state index contributed by atoms with van der Waals surface area (Å²) in [4.78, 5) is 37.4. The van der Waals surface area contributed by atoms with E-state index in [9.17, 15) is 19.0 Å². The molecule has 0 spiro atoms. The van der Waals surface area contributed by atoms with Crippen molar-refractivity contribution >= 4 is 19.7 Å². The first kappa shape index (κ1) is 65.9. The van der Waals surface area contributed by atoms with Gasteiger partial charge in [0.2, 0.25) is 5.91 Å². The largest absolute Gasteiger partial charge is 0.472 e. The van der Waals surface area contributed by atoms with Crippen molar-refractivity contribution in [2.75, 3.05) is 40.9 Å². The number of esters is 1. The number of nitrogens with zero attached hydrogens (tertiary/aromatic N) is 1. The summed E-state index contributed by atoms with van der Waals surface area (Å²) < 4.78 is 30.5. The summed E-state index contributed by atoms with van der Waals surface area (Å²) in [6.45, 7) is 6.78. The van der Waals surface area contributed by atoms with Gasteiger partial charge in [-0.05, 0) is 89.5 Å². The second-order valence-electron chi connectivity index (χ2n) is 19.4. The lowest BCUT2D eigenvalue weighted by Gasteiger charge is -2.27. The molecule has 2 N–H and O–H groups in total. The Hall–Kier alpha value is -3.07. The molecule has 0 aliphatic rings. The topological polar surface area (TPSA) is 111 Å². The first-order chi connectivity index (χ1) is 33.4.